The number of carbonyl (C=O) groups is 3. The highest BCUT2D eigenvalue weighted by Gasteiger charge is 2.33. The quantitative estimate of drug-likeness (QED) is 0.166. The summed E-state index contributed by atoms with van der Waals surface area (Å²) >= 11 is 1.04. The van der Waals surface area contributed by atoms with Crippen molar-refractivity contribution in [2.45, 2.75) is 20.0 Å². The van der Waals surface area contributed by atoms with Crippen molar-refractivity contribution in [1.29, 1.82) is 0 Å². The number of H-pyrrole nitrogens is 1. The van der Waals surface area contributed by atoms with Gasteiger partial charge in [-0.15, -0.1) is 11.3 Å². The Balaban J connectivity index is 1.92. The summed E-state index contributed by atoms with van der Waals surface area (Å²) in [6.45, 7) is 1.14. The minimum atomic E-state index is -0.936. The number of hydrogen-bond donors (Lipinski definition) is 4. The van der Waals surface area contributed by atoms with Crippen LogP contribution in [-0.4, -0.2) is 60.9 Å². The summed E-state index contributed by atoms with van der Waals surface area (Å²) in [6, 6.07) is 11.9. The zero-order chi connectivity index (χ0) is 33.4. The third kappa shape index (κ3) is 8.09. The maximum Gasteiger partial charge on any atom is 0.415 e. The molecule has 0 atom stereocenters. The summed E-state index contributed by atoms with van der Waals surface area (Å²) < 4.78 is 35.0. The lowest BCUT2D eigenvalue weighted by atomic mass is 10.0. The highest BCUT2D eigenvalue weighted by Crippen LogP contribution is 2.44. The van der Waals surface area contributed by atoms with E-state index in [2.05, 4.69) is 31.1 Å². The lowest BCUT2D eigenvalue weighted by Gasteiger charge is -2.23. The molecule has 0 spiro atoms. The molecular formula is C30H31F2N7O6S. The fourth-order valence-electron chi connectivity index (χ4n) is 4.39. The van der Waals surface area contributed by atoms with E-state index in [1.54, 1.807) is 50.2 Å². The van der Waals surface area contributed by atoms with E-state index in [0.29, 0.717) is 21.7 Å². The van der Waals surface area contributed by atoms with Gasteiger partial charge in [0, 0.05) is 28.7 Å². The molecule has 0 unspecified atom stereocenters. The Morgan fingerprint density at radius 2 is 1.65 bits per heavy atom. The zero-order valence-corrected chi connectivity index (χ0v) is 26.1. The average Bonchev–Trinajstić information content (AvgIpc) is 3.36. The van der Waals surface area contributed by atoms with Crippen LogP contribution in [0.4, 0.5) is 34.9 Å². The first kappa shape index (κ1) is 33.7. The van der Waals surface area contributed by atoms with Crippen molar-refractivity contribution in [1.82, 2.24) is 20.6 Å². The van der Waals surface area contributed by atoms with E-state index >= 15 is 0 Å². The molecule has 16 heteroatoms. The van der Waals surface area contributed by atoms with Crippen molar-refractivity contribution in [3.63, 3.8) is 0 Å². The van der Waals surface area contributed by atoms with E-state index in [9.17, 15) is 28.0 Å². The first-order chi connectivity index (χ1) is 22.0. The number of nitrogens with zero attached hydrogens (tertiary/aromatic N) is 3. The Morgan fingerprint density at radius 1 is 0.957 bits per heavy atom. The fraction of sp³-hybridized carbons (Fsp3) is 0.233. The number of anilines is 3. The van der Waals surface area contributed by atoms with Crippen LogP contribution < -0.4 is 26.6 Å². The fourth-order valence-corrected chi connectivity index (χ4v) is 5.69. The number of hydroxylamine groups is 1. The predicted octanol–water partition coefficient (Wildman–Crippen LogP) is 4.94. The topological polar surface area (TPSA) is 158 Å². The maximum absolute atomic E-state index is 14.9. The van der Waals surface area contributed by atoms with Crippen LogP contribution in [0.15, 0.2) is 59.4 Å². The second-order valence-electron chi connectivity index (χ2n) is 9.91. The molecule has 4 aromatic rings. The summed E-state index contributed by atoms with van der Waals surface area (Å²) in [7, 11) is 4.86. The molecule has 0 saturated carbocycles. The van der Waals surface area contributed by atoms with Gasteiger partial charge in [-0.3, -0.25) is 19.3 Å². The Kier molecular flexibility index (Phi) is 11.1. The number of aromatic nitrogens is 2. The molecule has 0 saturated heterocycles. The summed E-state index contributed by atoms with van der Waals surface area (Å²) in [5.41, 5.74) is 2.82. The van der Waals surface area contributed by atoms with Gasteiger partial charge in [0.05, 0.1) is 25.8 Å². The third-order valence-electron chi connectivity index (χ3n) is 6.32. The van der Waals surface area contributed by atoms with Gasteiger partial charge < -0.3 is 20.3 Å². The molecule has 2 aromatic carbocycles. The van der Waals surface area contributed by atoms with Crippen LogP contribution in [0.1, 0.15) is 28.4 Å². The van der Waals surface area contributed by atoms with E-state index in [4.69, 9.17) is 4.74 Å². The van der Waals surface area contributed by atoms with Gasteiger partial charge in [0.1, 0.15) is 16.6 Å². The van der Waals surface area contributed by atoms with E-state index in [-0.39, 0.29) is 29.5 Å². The number of nitrogens with one attached hydrogen (secondary N) is 4. The summed E-state index contributed by atoms with van der Waals surface area (Å²) in [5, 5.41) is 11.4. The van der Waals surface area contributed by atoms with Crippen molar-refractivity contribution >= 4 is 45.9 Å². The number of hydrogen-bond acceptors (Lipinski definition) is 9. The van der Waals surface area contributed by atoms with Gasteiger partial charge in [0.2, 0.25) is 0 Å². The van der Waals surface area contributed by atoms with Gasteiger partial charge >= 0.3 is 12.1 Å². The number of benzene rings is 2. The SMILES string of the molecule is CCOC(=O)N(Cc1c(F)cccc1F)c1sc(-c2ccc(NC(=O)NOC)cc2)c(CN(C)C)c1C(=O)Nc1ccc(=O)[nH]n1. The van der Waals surface area contributed by atoms with E-state index < -0.39 is 47.3 Å². The molecule has 46 heavy (non-hydrogen) atoms. The van der Waals surface area contributed by atoms with Crippen LogP contribution in [-0.2, 0) is 22.7 Å². The van der Waals surface area contributed by atoms with E-state index in [1.807, 2.05) is 0 Å². The summed E-state index contributed by atoms with van der Waals surface area (Å²) in [4.78, 5) is 58.9. The number of thiophene rings is 1. The summed E-state index contributed by atoms with van der Waals surface area (Å²) in [5.74, 6) is -2.45. The van der Waals surface area contributed by atoms with Gasteiger partial charge in [-0.2, -0.15) is 5.10 Å². The molecular weight excluding hydrogens is 624 g/mol. The Bertz CT molecular complexity index is 1740. The van der Waals surface area contributed by atoms with Crippen molar-refractivity contribution in [3.05, 3.63) is 93.3 Å². The van der Waals surface area contributed by atoms with E-state index in [0.717, 1.165) is 28.4 Å². The molecule has 4 N–H and O–H groups in total. The molecule has 13 nitrogen and oxygen atoms in total. The van der Waals surface area contributed by atoms with Gasteiger partial charge in [-0.1, -0.05) is 18.2 Å². The van der Waals surface area contributed by atoms with E-state index in [1.165, 1.54) is 25.3 Å². The second-order valence-corrected chi connectivity index (χ2v) is 10.9. The summed E-state index contributed by atoms with van der Waals surface area (Å²) in [6.07, 6.45) is -0.936. The molecule has 4 rings (SSSR count). The number of ether oxygens (including phenoxy) is 1. The lowest BCUT2D eigenvalue weighted by Crippen LogP contribution is -2.33. The van der Waals surface area contributed by atoms with Crippen molar-refractivity contribution in [2.24, 2.45) is 0 Å². The molecule has 0 aliphatic heterocycles. The van der Waals surface area contributed by atoms with Gasteiger partial charge in [-0.05, 0) is 62.5 Å². The minimum absolute atomic E-state index is 0.0201. The first-order valence-corrected chi connectivity index (χ1v) is 14.6. The Hall–Kier alpha value is -5.19. The number of urea groups is 1. The largest absolute Gasteiger partial charge is 0.449 e. The number of aromatic amines is 1. The maximum atomic E-state index is 14.9. The lowest BCUT2D eigenvalue weighted by molar-refractivity contribution is 0.102. The normalized spacial score (nSPS) is 10.8. The molecule has 0 aliphatic rings. The van der Waals surface area contributed by atoms with Crippen LogP contribution in [0, 0.1) is 11.6 Å². The average molecular weight is 656 g/mol. The van der Waals surface area contributed by atoms with Crippen LogP contribution >= 0.6 is 11.3 Å². The number of halogens is 2. The van der Waals surface area contributed by atoms with Crippen molar-refractivity contribution in [2.75, 3.05) is 43.3 Å². The van der Waals surface area contributed by atoms with Gasteiger partial charge in [0.15, 0.2) is 5.82 Å². The second kappa shape index (κ2) is 15.2. The minimum Gasteiger partial charge on any atom is -0.449 e. The molecule has 2 heterocycles. The predicted molar refractivity (Wildman–Crippen MR) is 169 cm³/mol. The van der Waals surface area contributed by atoms with Crippen LogP contribution in [0.5, 0.6) is 0 Å². The molecule has 0 radical (unpaired) electrons. The Labute approximate surface area is 266 Å². The van der Waals surface area contributed by atoms with Gasteiger partial charge in [0.25, 0.3) is 11.5 Å². The number of carbonyl (C=O) groups excluding carboxylic acids is 3. The first-order valence-electron chi connectivity index (χ1n) is 13.8. The van der Waals surface area contributed by atoms with Crippen molar-refractivity contribution in [3.8, 4) is 10.4 Å². The van der Waals surface area contributed by atoms with Crippen molar-refractivity contribution < 1.29 is 32.7 Å². The smallest absolute Gasteiger partial charge is 0.415 e. The molecule has 0 fully saturated rings. The standard InChI is InChI=1S/C30H31F2N7O6S/c1-5-45-30(43)39(16-19-21(31)7-6-8-22(19)32)28-25(27(41)34-23-13-14-24(40)36-35-23)20(15-38(2)3)26(46-28)17-9-11-18(12-10-17)33-29(42)37-44-4/h6-14H,5,15-16H2,1-4H3,(H,36,40)(H2,33,37,42)(H,34,35,41). The third-order valence-corrected chi connectivity index (χ3v) is 7.63. The van der Waals surface area contributed by atoms with Crippen LogP contribution in [0.25, 0.3) is 10.4 Å². The van der Waals surface area contributed by atoms with Crippen LogP contribution in [0.2, 0.25) is 0 Å². The van der Waals surface area contributed by atoms with Crippen LogP contribution in [0.3, 0.4) is 0 Å². The monoisotopic (exact) mass is 655 g/mol. The molecule has 242 valence electrons. The van der Waals surface area contributed by atoms with Gasteiger partial charge in [-0.25, -0.2) is 28.9 Å². The highest BCUT2D eigenvalue weighted by atomic mass is 32.1. The molecule has 0 aliphatic carbocycles. The zero-order valence-electron chi connectivity index (χ0n) is 25.3. The molecule has 4 amide bonds. The Morgan fingerprint density at radius 3 is 2.24 bits per heavy atom. The molecule has 0 bridgehead atoms. The molecule has 2 aromatic heterocycles. The highest BCUT2D eigenvalue weighted by molar-refractivity contribution is 7.20. The number of rotatable bonds is 11. The number of amides is 4.